The van der Waals surface area contributed by atoms with Gasteiger partial charge in [0.05, 0.1) is 13.2 Å². The Morgan fingerprint density at radius 2 is 2.26 bits per heavy atom. The molecule has 0 radical (unpaired) electrons. The van der Waals surface area contributed by atoms with Crippen molar-refractivity contribution in [2.24, 2.45) is 5.73 Å². The van der Waals surface area contributed by atoms with E-state index in [1.165, 1.54) is 0 Å². The number of hydrogen-bond acceptors (Lipinski definition) is 5. The molecule has 2 N–H and O–H groups in total. The number of carbonyl (C=O) groups excluding carboxylic acids is 1. The van der Waals surface area contributed by atoms with Crippen LogP contribution in [0.5, 0.6) is 0 Å². The summed E-state index contributed by atoms with van der Waals surface area (Å²) in [6, 6.07) is 1.43. The highest BCUT2D eigenvalue weighted by atomic mass is 16.5. The number of anilines is 1. The van der Waals surface area contributed by atoms with Crippen molar-refractivity contribution in [3.05, 3.63) is 17.6 Å². The lowest BCUT2D eigenvalue weighted by atomic mass is 10.2. The van der Waals surface area contributed by atoms with Crippen LogP contribution in [0.2, 0.25) is 0 Å². The van der Waals surface area contributed by atoms with Crippen LogP contribution in [0.3, 0.4) is 0 Å². The van der Waals surface area contributed by atoms with Crippen LogP contribution in [0.25, 0.3) is 0 Å². The SMILES string of the molecule is Cc1cc(N2CCOC[C@@H]2C(N)=O)nc(C(C)C)n1. The number of nitrogens with two attached hydrogens (primary N) is 1. The Bertz CT molecular complexity index is 476. The van der Waals surface area contributed by atoms with Crippen molar-refractivity contribution in [3.63, 3.8) is 0 Å². The average Bonchev–Trinajstić information content (AvgIpc) is 2.37. The van der Waals surface area contributed by atoms with E-state index < -0.39 is 6.04 Å². The van der Waals surface area contributed by atoms with Crippen LogP contribution in [0, 0.1) is 6.92 Å². The smallest absolute Gasteiger partial charge is 0.242 e. The van der Waals surface area contributed by atoms with E-state index in [2.05, 4.69) is 9.97 Å². The van der Waals surface area contributed by atoms with Gasteiger partial charge in [0.25, 0.3) is 0 Å². The van der Waals surface area contributed by atoms with E-state index in [0.717, 1.165) is 17.3 Å². The highest BCUT2D eigenvalue weighted by molar-refractivity contribution is 5.83. The fourth-order valence-corrected chi connectivity index (χ4v) is 2.09. The average molecular weight is 264 g/mol. The summed E-state index contributed by atoms with van der Waals surface area (Å²) in [4.78, 5) is 22.4. The number of ether oxygens (including phenoxy) is 1. The van der Waals surface area contributed by atoms with Crippen LogP contribution >= 0.6 is 0 Å². The zero-order valence-electron chi connectivity index (χ0n) is 11.6. The quantitative estimate of drug-likeness (QED) is 0.864. The van der Waals surface area contributed by atoms with E-state index in [0.29, 0.717) is 19.8 Å². The summed E-state index contributed by atoms with van der Waals surface area (Å²) in [7, 11) is 0. The number of hydrogen-bond donors (Lipinski definition) is 1. The number of rotatable bonds is 3. The molecular weight excluding hydrogens is 244 g/mol. The minimum Gasteiger partial charge on any atom is -0.377 e. The molecule has 2 heterocycles. The second-order valence-electron chi connectivity index (χ2n) is 5.07. The van der Waals surface area contributed by atoms with Gasteiger partial charge in [0.15, 0.2) is 0 Å². The van der Waals surface area contributed by atoms with Gasteiger partial charge in [-0.3, -0.25) is 4.79 Å². The second-order valence-corrected chi connectivity index (χ2v) is 5.07. The van der Waals surface area contributed by atoms with Crippen LogP contribution < -0.4 is 10.6 Å². The molecule has 1 saturated heterocycles. The van der Waals surface area contributed by atoms with Gasteiger partial charge in [-0.2, -0.15) is 0 Å². The van der Waals surface area contributed by atoms with Crippen molar-refractivity contribution < 1.29 is 9.53 Å². The van der Waals surface area contributed by atoms with E-state index in [9.17, 15) is 4.79 Å². The number of morpholine rings is 1. The van der Waals surface area contributed by atoms with Crippen molar-refractivity contribution in [1.82, 2.24) is 9.97 Å². The van der Waals surface area contributed by atoms with Crippen LogP contribution in [0.15, 0.2) is 6.07 Å². The van der Waals surface area contributed by atoms with E-state index in [-0.39, 0.29) is 11.8 Å². The van der Waals surface area contributed by atoms with Crippen molar-refractivity contribution >= 4 is 11.7 Å². The van der Waals surface area contributed by atoms with E-state index in [1.807, 2.05) is 31.7 Å². The van der Waals surface area contributed by atoms with Gasteiger partial charge in [0, 0.05) is 24.2 Å². The van der Waals surface area contributed by atoms with Crippen molar-refractivity contribution in [2.45, 2.75) is 32.7 Å². The van der Waals surface area contributed by atoms with Gasteiger partial charge in [-0.25, -0.2) is 9.97 Å². The van der Waals surface area contributed by atoms with Crippen LogP contribution in [0.1, 0.15) is 31.3 Å². The summed E-state index contributed by atoms with van der Waals surface area (Å²) in [5.74, 6) is 1.39. The van der Waals surface area contributed by atoms with Gasteiger partial charge in [-0.15, -0.1) is 0 Å². The highest BCUT2D eigenvalue weighted by Gasteiger charge is 2.29. The van der Waals surface area contributed by atoms with Crippen LogP contribution in [-0.4, -0.2) is 41.7 Å². The minimum atomic E-state index is -0.455. The summed E-state index contributed by atoms with van der Waals surface area (Å²) < 4.78 is 5.32. The Morgan fingerprint density at radius 3 is 2.89 bits per heavy atom. The molecule has 0 spiro atoms. The number of aromatic nitrogens is 2. The number of amides is 1. The summed E-state index contributed by atoms with van der Waals surface area (Å²) >= 11 is 0. The molecule has 0 aromatic carbocycles. The molecular formula is C13H20N4O2. The first-order valence-corrected chi connectivity index (χ1v) is 6.48. The van der Waals surface area contributed by atoms with E-state index in [4.69, 9.17) is 10.5 Å². The zero-order chi connectivity index (χ0) is 14.0. The normalized spacial score (nSPS) is 19.8. The first-order valence-electron chi connectivity index (χ1n) is 6.48. The van der Waals surface area contributed by atoms with Gasteiger partial charge < -0.3 is 15.4 Å². The first-order chi connectivity index (χ1) is 8.99. The Morgan fingerprint density at radius 1 is 1.53 bits per heavy atom. The molecule has 0 unspecified atom stereocenters. The first kappa shape index (κ1) is 13.7. The molecule has 1 aliphatic rings. The maximum absolute atomic E-state index is 11.5. The maximum Gasteiger partial charge on any atom is 0.242 e. The Hall–Kier alpha value is -1.69. The summed E-state index contributed by atoms with van der Waals surface area (Å²) in [5.41, 5.74) is 6.32. The van der Waals surface area contributed by atoms with Gasteiger partial charge in [0.2, 0.25) is 5.91 Å². The number of aryl methyl sites for hydroxylation is 1. The van der Waals surface area contributed by atoms with Gasteiger partial charge in [-0.1, -0.05) is 13.8 Å². The summed E-state index contributed by atoms with van der Waals surface area (Å²) in [6.07, 6.45) is 0. The molecule has 2 rings (SSSR count). The lowest BCUT2D eigenvalue weighted by Crippen LogP contribution is -2.53. The Labute approximate surface area is 113 Å². The Kier molecular flexibility index (Phi) is 3.99. The molecule has 1 atom stereocenters. The van der Waals surface area contributed by atoms with Crippen molar-refractivity contribution in [3.8, 4) is 0 Å². The lowest BCUT2D eigenvalue weighted by molar-refractivity contribution is -0.121. The molecule has 1 fully saturated rings. The predicted octanol–water partition coefficient (Wildman–Crippen LogP) is 0.599. The van der Waals surface area contributed by atoms with Crippen LogP contribution in [0.4, 0.5) is 5.82 Å². The third-order valence-electron chi connectivity index (χ3n) is 3.13. The standard InChI is InChI=1S/C13H20N4O2/c1-8(2)13-15-9(3)6-11(16-13)17-4-5-19-7-10(17)12(14)18/h6,8,10H,4-5,7H2,1-3H3,(H2,14,18)/t10-/m1/s1. The predicted molar refractivity (Wildman–Crippen MR) is 72.0 cm³/mol. The molecule has 1 aliphatic heterocycles. The summed E-state index contributed by atoms with van der Waals surface area (Å²) in [6.45, 7) is 7.52. The maximum atomic E-state index is 11.5. The number of primary amides is 1. The fourth-order valence-electron chi connectivity index (χ4n) is 2.09. The molecule has 1 aromatic rings. The lowest BCUT2D eigenvalue weighted by Gasteiger charge is -2.34. The topological polar surface area (TPSA) is 81.3 Å². The van der Waals surface area contributed by atoms with Gasteiger partial charge in [0.1, 0.15) is 17.7 Å². The molecule has 6 nitrogen and oxygen atoms in total. The largest absolute Gasteiger partial charge is 0.377 e. The molecule has 104 valence electrons. The monoisotopic (exact) mass is 264 g/mol. The van der Waals surface area contributed by atoms with Crippen LogP contribution in [-0.2, 0) is 9.53 Å². The fraction of sp³-hybridized carbons (Fsp3) is 0.615. The van der Waals surface area contributed by atoms with Crippen molar-refractivity contribution in [1.29, 1.82) is 0 Å². The number of carbonyl (C=O) groups is 1. The molecule has 19 heavy (non-hydrogen) atoms. The molecule has 1 aromatic heterocycles. The van der Waals surface area contributed by atoms with E-state index >= 15 is 0 Å². The molecule has 0 saturated carbocycles. The molecule has 6 heteroatoms. The molecule has 0 aliphatic carbocycles. The molecule has 1 amide bonds. The van der Waals surface area contributed by atoms with Gasteiger partial charge in [-0.05, 0) is 6.92 Å². The molecule has 0 bridgehead atoms. The third kappa shape index (κ3) is 3.01. The second kappa shape index (κ2) is 5.52. The van der Waals surface area contributed by atoms with E-state index in [1.54, 1.807) is 0 Å². The van der Waals surface area contributed by atoms with Crippen molar-refractivity contribution in [2.75, 3.05) is 24.7 Å². The summed E-state index contributed by atoms with van der Waals surface area (Å²) in [5, 5.41) is 0. The third-order valence-corrected chi connectivity index (χ3v) is 3.13. The zero-order valence-corrected chi connectivity index (χ0v) is 11.6. The Balaban J connectivity index is 2.35. The highest BCUT2D eigenvalue weighted by Crippen LogP contribution is 2.20. The number of nitrogens with zero attached hydrogens (tertiary/aromatic N) is 3. The minimum absolute atomic E-state index is 0.242. The van der Waals surface area contributed by atoms with Gasteiger partial charge >= 0.3 is 0 Å².